The SMILES string of the molecule is CC(C)[C@@H]1NC(=O)[C@H](Cc2ccccc2)NC(=O)[C@H]2NC(=O)[C@H](Cc3ccccc3)NC(=O)[C@@H]3CCCN3C(=O)CNC(=O)[C@H](Cc3ccccc3)NC(=O)[C@@H]3CNCCCC[C@@H](C(=O)O)NC(=O)C4NC(=O)[C@H](CC(N)=O)NC(=O)CNC(=O)[C@@H]([C@@H](O)C(=O)O)NC(=O)[C@H](CSC[C@H](NC(=O)[C@H](CCC(N)=O)NC(=O)[C@H](CCCNC(=N)N)NC(=O)[C@@H](N)CS[C@@H]4C)C(=O)N[C@@H](CSC2C)C(=O)N3)NC1=O. The number of fused-ring (bicyclic) bond motifs is 22. The molecule has 5 aliphatic heterocycles. The molecule has 0 spiro atoms. The van der Waals surface area contributed by atoms with Crippen LogP contribution in [0.25, 0.3) is 0 Å². The van der Waals surface area contributed by atoms with E-state index < -0.39 is 336 Å². The summed E-state index contributed by atoms with van der Waals surface area (Å²) in [7, 11) is 0. The van der Waals surface area contributed by atoms with E-state index in [1.807, 2.05) is 10.6 Å². The minimum absolute atomic E-state index is 0.0274. The number of hydrogen-bond acceptors (Lipinski definition) is 29. The van der Waals surface area contributed by atoms with Gasteiger partial charge in [0.15, 0.2) is 12.1 Å². The summed E-state index contributed by atoms with van der Waals surface area (Å²) in [6, 6.07) is -8.41. The maximum absolute atomic E-state index is 16.2. The normalized spacial score (nSPS) is 28.0. The Hall–Kier alpha value is -13.8. The lowest BCUT2D eigenvalue weighted by atomic mass is 10.00. The van der Waals surface area contributed by atoms with Crippen LogP contribution in [0.2, 0.25) is 0 Å². The fraction of sp³-hybridized carbons (Fsp3) is 0.539. The van der Waals surface area contributed by atoms with E-state index in [0.29, 0.717) is 52.0 Å². The van der Waals surface area contributed by atoms with Gasteiger partial charge in [-0.2, -0.15) is 35.3 Å². The lowest BCUT2D eigenvalue weighted by Crippen LogP contribution is -2.64. The first-order valence-electron chi connectivity index (χ1n) is 46.0. The van der Waals surface area contributed by atoms with Gasteiger partial charge in [-0.05, 0) is 80.5 Å². The number of amides is 20. The molecule has 5 heterocycles. The number of aliphatic hydroxyl groups excluding tert-OH is 1. The van der Waals surface area contributed by atoms with Crippen molar-refractivity contribution in [2.75, 3.05) is 62.3 Å². The number of primary amides is 2. The maximum atomic E-state index is 16.2. The van der Waals surface area contributed by atoms with Crippen molar-refractivity contribution in [2.45, 2.75) is 230 Å². The zero-order valence-electron chi connectivity index (χ0n) is 78.4. The Morgan fingerprint density at radius 3 is 1.47 bits per heavy atom. The van der Waals surface area contributed by atoms with E-state index in [4.69, 9.17) is 28.3 Å². The van der Waals surface area contributed by atoms with Gasteiger partial charge < -0.3 is 144 Å². The summed E-state index contributed by atoms with van der Waals surface area (Å²) in [5, 5.41) is 85.1. The Morgan fingerprint density at radius 1 is 0.458 bits per heavy atom. The van der Waals surface area contributed by atoms with Gasteiger partial charge in [-0.15, -0.1) is 0 Å². The third kappa shape index (κ3) is 35.8. The van der Waals surface area contributed by atoms with Gasteiger partial charge in [-0.1, -0.05) is 119 Å². The third-order valence-corrected chi connectivity index (χ3v) is 27.3. The van der Waals surface area contributed by atoms with Crippen LogP contribution in [0.5, 0.6) is 0 Å². The highest BCUT2D eigenvalue weighted by Crippen LogP contribution is 2.24. The molecule has 50 nitrogen and oxygen atoms in total. The minimum atomic E-state index is -2.99. The van der Waals surface area contributed by atoms with Gasteiger partial charge in [-0.3, -0.25) is 101 Å². The van der Waals surface area contributed by atoms with Crippen LogP contribution in [0.4, 0.5) is 0 Å². The topological polar surface area (TPSA) is 796 Å². The number of rotatable bonds is 19. The maximum Gasteiger partial charge on any atom is 0.335 e. The summed E-state index contributed by atoms with van der Waals surface area (Å²) in [5.74, 6) is -33.2. The molecule has 5 aliphatic rings. The number of hydrogen-bond donors (Lipinski definition) is 27. The van der Waals surface area contributed by atoms with Gasteiger partial charge >= 0.3 is 11.9 Å². The molecule has 2 unspecified atom stereocenters. The second kappa shape index (κ2) is 56.0. The molecule has 0 radical (unpaired) electrons. The third-order valence-electron chi connectivity index (χ3n) is 23.5. The molecule has 142 heavy (non-hydrogen) atoms. The minimum Gasteiger partial charge on any atom is -0.480 e. The van der Waals surface area contributed by atoms with Gasteiger partial charge in [0.1, 0.15) is 96.7 Å². The summed E-state index contributed by atoms with van der Waals surface area (Å²) in [6.07, 6.45) is -7.39. The number of carboxylic acids is 2. The quantitative estimate of drug-likeness (QED) is 0.0229. The molecule has 3 aromatic rings. The number of benzene rings is 3. The van der Waals surface area contributed by atoms with Gasteiger partial charge in [0.05, 0.1) is 25.6 Å². The van der Waals surface area contributed by atoms with Crippen molar-refractivity contribution in [3.05, 3.63) is 108 Å². The number of thioether (sulfide) groups is 3. The molecule has 5 fully saturated rings. The van der Waals surface area contributed by atoms with Crippen molar-refractivity contribution in [1.29, 1.82) is 5.41 Å². The summed E-state index contributed by atoms with van der Waals surface area (Å²) in [6.45, 7) is 2.41. The fourth-order valence-electron chi connectivity index (χ4n) is 15.6. The molecule has 3 aromatic carbocycles. The number of nitrogens with two attached hydrogens (primary N) is 4. The Bertz CT molecular complexity index is 5060. The zero-order chi connectivity index (χ0) is 104. The molecule has 6 bridgehead atoms. The molecular formula is C89H125N25O25S3. The first-order chi connectivity index (χ1) is 67.4. The van der Waals surface area contributed by atoms with Crippen molar-refractivity contribution in [1.82, 2.24) is 106 Å². The number of carboxylic acid groups (broad SMARTS) is 2. The van der Waals surface area contributed by atoms with E-state index in [1.54, 1.807) is 91.0 Å². The lowest BCUT2D eigenvalue weighted by Gasteiger charge is -2.32. The molecular weight excluding hydrogens is 1920 g/mol. The molecule has 20 amide bonds. The van der Waals surface area contributed by atoms with E-state index in [0.717, 1.165) is 0 Å². The second-order valence-corrected chi connectivity index (χ2v) is 38.8. The van der Waals surface area contributed by atoms with Crippen molar-refractivity contribution in [3.8, 4) is 0 Å². The van der Waals surface area contributed by atoms with Crippen LogP contribution in [-0.4, -0.2) is 338 Å². The molecule has 0 aromatic heterocycles. The second-order valence-electron chi connectivity index (χ2n) is 34.9. The standard InChI is InChI=1S/C89H125N25O25S3/c1-43(2)66-84(133)109-59-41-140-40-58-79(128)108-60-42-142-45(4)68(86(135)105-55(75(124)110-66)34-48-22-12-7-13-23-48)111-76(125)54(33-47-20-10-6-11-21-47)104-82(131)61-26-17-31-114(61)65(118)38-98-72(121)53(32-46-18-8-5-9-19-46)103-78(127)57(106-80(60)129)36-95-29-15-14-24-52(87(136)137)102-85(134)67(112-77(126)56(35-63(92)116)99-64(117)37-97-83(132)69(113-81(59)130)70(119)88(138)139)44(3)141-39-49(90)71(120)100-50(25-16-30-96-89(93)94)73(122)101-51(74(123)107-58)27-28-62(91)115/h5-13,18-23,43-45,49-61,66-70,95,119H,14-17,24-42,90H2,1-4H3,(H2,91,115)(H2,92,116)(H,97,132)(H,98,121)(H,99,117)(H,100,120)(H,101,122)(H,102,134)(H,103,127)(H,104,131)(H,105,135)(H,106,129)(H,107,123)(H,108,128)(H,109,133)(H,110,124)(H,111,125)(H,112,126)(H,113,130)(H,136,137)(H,138,139)(H4,93,94,96)/t44-,45?,49+,50+,51+,52+,53+,54+,55+,56+,57+,58+,59+,60+,61+,66+,67?,68+,69-,70-/m1/s1. The smallest absolute Gasteiger partial charge is 0.335 e. The molecule has 53 heteroatoms. The summed E-state index contributed by atoms with van der Waals surface area (Å²) in [5.41, 5.74) is 24.6. The van der Waals surface area contributed by atoms with Crippen LogP contribution in [0, 0.1) is 11.3 Å². The van der Waals surface area contributed by atoms with Gasteiger partial charge in [0.25, 0.3) is 0 Å². The van der Waals surface area contributed by atoms with Gasteiger partial charge in [0.2, 0.25) is 118 Å². The van der Waals surface area contributed by atoms with Gasteiger partial charge in [0, 0.05) is 78.8 Å². The number of nitrogens with one attached hydrogen (secondary N) is 20. The van der Waals surface area contributed by atoms with E-state index in [2.05, 4.69) is 90.4 Å². The van der Waals surface area contributed by atoms with Crippen molar-refractivity contribution >= 4 is 171 Å². The van der Waals surface area contributed by atoms with Crippen LogP contribution >= 0.6 is 35.3 Å². The Labute approximate surface area is 828 Å². The lowest BCUT2D eigenvalue weighted by molar-refractivity contribution is -0.152. The van der Waals surface area contributed by atoms with Crippen LogP contribution in [0.3, 0.4) is 0 Å². The fourth-order valence-corrected chi connectivity index (χ4v) is 18.8. The van der Waals surface area contributed by atoms with Crippen LogP contribution in [0.1, 0.15) is 109 Å². The predicted molar refractivity (Wildman–Crippen MR) is 514 cm³/mol. The van der Waals surface area contributed by atoms with Crippen molar-refractivity contribution in [3.63, 3.8) is 0 Å². The number of guanidine groups is 1. The number of aliphatic hydroxyl groups is 1. The highest BCUT2D eigenvalue weighted by Gasteiger charge is 2.45. The van der Waals surface area contributed by atoms with Crippen molar-refractivity contribution < 1.29 is 121 Å². The average molecular weight is 2040 g/mol. The molecule has 5 saturated heterocycles. The van der Waals surface area contributed by atoms with Crippen LogP contribution in [-0.2, 0) is 125 Å². The summed E-state index contributed by atoms with van der Waals surface area (Å²) in [4.78, 5) is 327. The first kappa shape index (κ1) is 113. The number of nitrogens with zero attached hydrogens (tertiary/aromatic N) is 1. The van der Waals surface area contributed by atoms with Crippen LogP contribution in [0.15, 0.2) is 91.0 Å². The number of aliphatic carboxylic acids is 2. The molecule has 0 saturated carbocycles. The predicted octanol–water partition coefficient (Wildman–Crippen LogP) is -10.1. The molecule has 8 rings (SSSR count). The van der Waals surface area contributed by atoms with E-state index in [9.17, 15) is 68.1 Å². The molecule has 0 aliphatic carbocycles. The number of carbonyl (C=O) groups excluding carboxylic acids is 20. The monoisotopic (exact) mass is 2040 g/mol. The van der Waals surface area contributed by atoms with Crippen molar-refractivity contribution in [2.24, 2.45) is 28.9 Å². The number of carbonyl (C=O) groups is 22. The molecule has 20 atom stereocenters. The Kier molecular flexibility index (Phi) is 44.8. The zero-order valence-corrected chi connectivity index (χ0v) is 80.8. The molecule has 774 valence electrons. The van der Waals surface area contributed by atoms with Gasteiger partial charge in [-0.25, -0.2) is 9.59 Å². The van der Waals surface area contributed by atoms with E-state index in [-0.39, 0.29) is 71.0 Å². The summed E-state index contributed by atoms with van der Waals surface area (Å²) < 4.78 is 0. The van der Waals surface area contributed by atoms with Crippen LogP contribution < -0.4 is 124 Å². The van der Waals surface area contributed by atoms with E-state index >= 15 is 52.7 Å². The Morgan fingerprint density at radius 2 is 0.915 bits per heavy atom. The average Bonchev–Trinajstić information content (AvgIpc) is 1.71. The van der Waals surface area contributed by atoms with E-state index in [1.165, 1.54) is 32.6 Å². The Balaban J connectivity index is 1.43. The first-order valence-corrected chi connectivity index (χ1v) is 49.3. The molecule has 31 N–H and O–H groups in total. The highest BCUT2D eigenvalue weighted by molar-refractivity contribution is 8.00. The summed E-state index contributed by atoms with van der Waals surface area (Å²) >= 11 is 1.81. The highest BCUT2D eigenvalue weighted by atomic mass is 32.2. The largest absolute Gasteiger partial charge is 0.480 e.